The molecule has 0 aliphatic heterocycles. The molecule has 0 N–H and O–H groups in total. The summed E-state index contributed by atoms with van der Waals surface area (Å²) in [5.41, 5.74) is 7.62. The Hall–Kier alpha value is -4.70. The van der Waals surface area contributed by atoms with Gasteiger partial charge in [-0.3, -0.25) is 0 Å². The van der Waals surface area contributed by atoms with Crippen LogP contribution in [0, 0.1) is 5.92 Å². The fourth-order valence-corrected chi connectivity index (χ4v) is 6.34. The van der Waals surface area contributed by atoms with Gasteiger partial charge in [0.05, 0.1) is 0 Å². The molecule has 1 aliphatic rings. The molecule has 1 saturated carbocycles. The molecule has 1 fully saturated rings. The van der Waals surface area contributed by atoms with Crippen LogP contribution in [0.25, 0.3) is 0 Å². The third kappa shape index (κ3) is 7.44. The normalized spacial score (nSPS) is 14.4. The van der Waals surface area contributed by atoms with E-state index in [9.17, 15) is 9.59 Å². The fourth-order valence-electron chi connectivity index (χ4n) is 6.34. The molecule has 0 bridgehead atoms. The summed E-state index contributed by atoms with van der Waals surface area (Å²) >= 11 is 0. The Morgan fingerprint density at radius 3 is 1.30 bits per heavy atom. The van der Waals surface area contributed by atoms with Crippen LogP contribution in [0.1, 0.15) is 72.4 Å². The van der Waals surface area contributed by atoms with E-state index >= 15 is 0 Å². The quantitative estimate of drug-likeness (QED) is 0.100. The maximum absolute atomic E-state index is 11.5. The zero-order valence-electron chi connectivity index (χ0n) is 25.5. The number of hydrogen-bond donors (Lipinski definition) is 0. The van der Waals surface area contributed by atoms with Gasteiger partial charge in [-0.15, -0.1) is 0 Å². The van der Waals surface area contributed by atoms with Gasteiger partial charge >= 0.3 is 11.9 Å². The zero-order valence-corrected chi connectivity index (χ0v) is 25.5. The lowest BCUT2D eigenvalue weighted by molar-refractivity contribution is -0.129. The number of carbonyl (C=O) groups excluding carboxylic acids is 2. The molecule has 0 heterocycles. The lowest BCUT2D eigenvalue weighted by Gasteiger charge is -2.41. The Kier molecular flexibility index (Phi) is 9.91. The van der Waals surface area contributed by atoms with Gasteiger partial charge in [-0.1, -0.05) is 99.3 Å². The van der Waals surface area contributed by atoms with E-state index in [1.54, 1.807) is 0 Å². The van der Waals surface area contributed by atoms with Crippen LogP contribution in [0.15, 0.2) is 122 Å². The van der Waals surface area contributed by atoms with E-state index in [-0.39, 0.29) is 5.41 Å². The maximum atomic E-state index is 11.5. The smallest absolute Gasteiger partial charge is 0.335 e. The second kappa shape index (κ2) is 14.2. The van der Waals surface area contributed by atoms with Crippen molar-refractivity contribution in [3.05, 3.63) is 156 Å². The Morgan fingerprint density at radius 2 is 0.977 bits per heavy atom. The van der Waals surface area contributed by atoms with Crippen molar-refractivity contribution in [2.24, 2.45) is 5.92 Å². The Bertz CT molecular complexity index is 1460. The summed E-state index contributed by atoms with van der Waals surface area (Å²) < 4.78 is 10.4. The summed E-state index contributed by atoms with van der Waals surface area (Å²) in [6.45, 7) is 9.20. The molecule has 1 aliphatic carbocycles. The minimum absolute atomic E-state index is 0.0100. The van der Waals surface area contributed by atoms with E-state index in [0.717, 1.165) is 42.7 Å². The van der Waals surface area contributed by atoms with Crippen LogP contribution >= 0.6 is 0 Å². The maximum Gasteiger partial charge on any atom is 0.335 e. The van der Waals surface area contributed by atoms with Crippen LogP contribution in [0.4, 0.5) is 0 Å². The third-order valence-electron chi connectivity index (χ3n) is 8.98. The van der Waals surface area contributed by atoms with Crippen LogP contribution in [0.2, 0.25) is 0 Å². The van der Waals surface area contributed by atoms with Crippen molar-refractivity contribution in [3.63, 3.8) is 0 Å². The Balaban J connectivity index is 1.31. The number of carbonyl (C=O) groups is 2. The SMILES string of the molecule is C=CC(=O)Oc1ccc(Cc2ccc(C3(c4ccc(Cc5ccc(OC(=O)C=C)cc5)cc4)CCC(CC)CC3)cc2)cc1. The number of hydrogen-bond acceptors (Lipinski definition) is 4. The Labute approximate surface area is 261 Å². The Morgan fingerprint density at radius 1 is 0.636 bits per heavy atom. The zero-order chi connectivity index (χ0) is 30.9. The molecule has 0 amide bonds. The second-order valence-corrected chi connectivity index (χ2v) is 11.7. The highest BCUT2D eigenvalue weighted by Gasteiger charge is 2.38. The molecule has 5 rings (SSSR count). The van der Waals surface area contributed by atoms with Crippen molar-refractivity contribution >= 4 is 11.9 Å². The monoisotopic (exact) mass is 584 g/mol. The number of rotatable bonds is 11. The van der Waals surface area contributed by atoms with Gasteiger partial charge in [-0.05, 0) is 102 Å². The van der Waals surface area contributed by atoms with Gasteiger partial charge in [0, 0.05) is 17.6 Å². The topological polar surface area (TPSA) is 52.6 Å². The fraction of sp³-hybridized carbons (Fsp3) is 0.250. The number of esters is 2. The standard InChI is InChI=1S/C40H40O4/c1-4-29-23-25-40(26-24-29,34-15-7-30(8-16-34)27-32-11-19-36(20-12-32)43-38(41)5-2)35-17-9-31(10-18-35)28-33-13-21-37(22-14-33)44-39(42)6-3/h5-22,29H,2-4,23-28H2,1H3. The largest absolute Gasteiger partial charge is 0.423 e. The van der Waals surface area contributed by atoms with Crippen molar-refractivity contribution in [1.29, 1.82) is 0 Å². The molecule has 4 aromatic rings. The molecule has 4 aromatic carbocycles. The van der Waals surface area contributed by atoms with Gasteiger partial charge < -0.3 is 9.47 Å². The van der Waals surface area contributed by atoms with Crippen LogP contribution in [-0.2, 0) is 27.8 Å². The van der Waals surface area contributed by atoms with E-state index in [2.05, 4.69) is 68.6 Å². The van der Waals surface area contributed by atoms with Gasteiger partial charge in [-0.2, -0.15) is 0 Å². The molecule has 224 valence electrons. The van der Waals surface area contributed by atoms with Crippen molar-refractivity contribution in [1.82, 2.24) is 0 Å². The molecule has 0 atom stereocenters. The molecule has 4 heteroatoms. The van der Waals surface area contributed by atoms with Gasteiger partial charge in [0.2, 0.25) is 0 Å². The van der Waals surface area contributed by atoms with Crippen molar-refractivity contribution in [2.45, 2.75) is 57.3 Å². The molecule has 0 radical (unpaired) electrons. The first kappa shape index (κ1) is 30.7. The van der Waals surface area contributed by atoms with E-state index in [0.29, 0.717) is 11.5 Å². The summed E-state index contributed by atoms with van der Waals surface area (Å²) in [6, 6.07) is 33.7. The highest BCUT2D eigenvalue weighted by Crippen LogP contribution is 2.47. The predicted octanol–water partition coefficient (Wildman–Crippen LogP) is 8.94. The summed E-state index contributed by atoms with van der Waals surface area (Å²) in [7, 11) is 0. The summed E-state index contributed by atoms with van der Waals surface area (Å²) in [5, 5.41) is 0. The van der Waals surface area contributed by atoms with Crippen molar-refractivity contribution in [3.8, 4) is 11.5 Å². The summed E-state index contributed by atoms with van der Waals surface area (Å²) in [4.78, 5) is 22.9. The van der Waals surface area contributed by atoms with Crippen LogP contribution in [0.5, 0.6) is 11.5 Å². The van der Waals surface area contributed by atoms with Gasteiger partial charge in [-0.25, -0.2) is 9.59 Å². The van der Waals surface area contributed by atoms with Crippen molar-refractivity contribution < 1.29 is 19.1 Å². The van der Waals surface area contributed by atoms with E-state index in [1.807, 2.05) is 48.5 Å². The molecule has 44 heavy (non-hydrogen) atoms. The average Bonchev–Trinajstić information content (AvgIpc) is 3.07. The summed E-state index contributed by atoms with van der Waals surface area (Å²) in [6.07, 6.45) is 9.99. The minimum Gasteiger partial charge on any atom is -0.423 e. The lowest BCUT2D eigenvalue weighted by atomic mass is 9.62. The molecule has 0 spiro atoms. The van der Waals surface area contributed by atoms with Crippen LogP contribution in [0.3, 0.4) is 0 Å². The highest BCUT2D eigenvalue weighted by atomic mass is 16.5. The average molecular weight is 585 g/mol. The first-order valence-electron chi connectivity index (χ1n) is 15.5. The predicted molar refractivity (Wildman–Crippen MR) is 176 cm³/mol. The molecule has 4 nitrogen and oxygen atoms in total. The lowest BCUT2D eigenvalue weighted by Crippen LogP contribution is -2.33. The minimum atomic E-state index is -0.454. The third-order valence-corrected chi connectivity index (χ3v) is 8.98. The first-order chi connectivity index (χ1) is 21.4. The highest BCUT2D eigenvalue weighted by molar-refractivity contribution is 5.83. The van der Waals surface area contributed by atoms with Crippen molar-refractivity contribution in [2.75, 3.05) is 0 Å². The molecule has 0 saturated heterocycles. The number of benzene rings is 4. The second-order valence-electron chi connectivity index (χ2n) is 11.7. The van der Waals surface area contributed by atoms with Gasteiger partial charge in [0.25, 0.3) is 0 Å². The van der Waals surface area contributed by atoms with Crippen LogP contribution in [-0.4, -0.2) is 11.9 Å². The van der Waals surface area contributed by atoms with E-state index < -0.39 is 11.9 Å². The summed E-state index contributed by atoms with van der Waals surface area (Å²) in [5.74, 6) is 0.932. The van der Waals surface area contributed by atoms with E-state index in [4.69, 9.17) is 9.47 Å². The van der Waals surface area contributed by atoms with E-state index in [1.165, 1.54) is 53.7 Å². The van der Waals surface area contributed by atoms with Gasteiger partial charge in [0.1, 0.15) is 11.5 Å². The van der Waals surface area contributed by atoms with Crippen LogP contribution < -0.4 is 9.47 Å². The molecule has 0 unspecified atom stereocenters. The van der Waals surface area contributed by atoms with Gasteiger partial charge in [0.15, 0.2) is 0 Å². The molecular weight excluding hydrogens is 544 g/mol. The molecule has 0 aromatic heterocycles. The first-order valence-corrected chi connectivity index (χ1v) is 15.5. The number of ether oxygens (including phenoxy) is 2. The molecular formula is C40H40O4.